The van der Waals surface area contributed by atoms with E-state index in [1.54, 1.807) is 18.6 Å². The molecule has 21 heavy (non-hydrogen) atoms. The molecule has 0 bridgehead atoms. The van der Waals surface area contributed by atoms with Gasteiger partial charge in [-0.05, 0) is 17.7 Å². The number of hydrogen-bond acceptors (Lipinski definition) is 6. The van der Waals surface area contributed by atoms with Gasteiger partial charge in [0.25, 0.3) is 0 Å². The molecule has 7 nitrogen and oxygen atoms in total. The van der Waals surface area contributed by atoms with Gasteiger partial charge in [0.15, 0.2) is 5.84 Å². The number of benzene rings is 1. The van der Waals surface area contributed by atoms with Gasteiger partial charge in [0.2, 0.25) is 5.91 Å². The van der Waals surface area contributed by atoms with Crippen LogP contribution < -0.4 is 16.2 Å². The molecular formula is C14H14N6O. The van der Waals surface area contributed by atoms with E-state index in [9.17, 15) is 4.79 Å². The van der Waals surface area contributed by atoms with E-state index in [1.165, 1.54) is 6.92 Å². The summed E-state index contributed by atoms with van der Waals surface area (Å²) in [5.74, 6) is 0.561. The molecule has 0 saturated heterocycles. The molecule has 1 aliphatic rings. The monoisotopic (exact) mass is 282 g/mol. The highest BCUT2D eigenvalue weighted by Crippen LogP contribution is 2.20. The van der Waals surface area contributed by atoms with Crippen LogP contribution in [0.5, 0.6) is 0 Å². The summed E-state index contributed by atoms with van der Waals surface area (Å²) in [6.45, 7) is 1.48. The fourth-order valence-corrected chi connectivity index (χ4v) is 1.99. The summed E-state index contributed by atoms with van der Waals surface area (Å²) in [5.41, 5.74) is 8.49. The van der Waals surface area contributed by atoms with Gasteiger partial charge in [-0.2, -0.15) is 0 Å². The van der Waals surface area contributed by atoms with Crippen LogP contribution in [0.2, 0.25) is 0 Å². The predicted octanol–water partition coefficient (Wildman–Crippen LogP) is 0.988. The van der Waals surface area contributed by atoms with E-state index < -0.39 is 0 Å². The van der Waals surface area contributed by atoms with Crippen molar-refractivity contribution in [2.45, 2.75) is 13.1 Å². The van der Waals surface area contributed by atoms with Crippen molar-refractivity contribution in [3.05, 3.63) is 54.1 Å². The summed E-state index contributed by atoms with van der Waals surface area (Å²) in [6, 6.07) is 7.50. The number of aliphatic imine (C=N–C) groups is 1. The normalized spacial score (nSPS) is 17.0. The average molecular weight is 282 g/mol. The van der Waals surface area contributed by atoms with E-state index in [2.05, 4.69) is 31.1 Å². The number of carbonyl (C=O) groups excluding carboxylic acids is 1. The smallest absolute Gasteiger partial charge is 0.221 e. The molecule has 0 aliphatic carbocycles. The summed E-state index contributed by atoms with van der Waals surface area (Å²) < 4.78 is 0. The summed E-state index contributed by atoms with van der Waals surface area (Å²) in [4.78, 5) is 23.7. The largest absolute Gasteiger partial charge is 0.326 e. The molecular weight excluding hydrogens is 268 g/mol. The van der Waals surface area contributed by atoms with Crippen molar-refractivity contribution in [1.82, 2.24) is 20.8 Å². The van der Waals surface area contributed by atoms with Gasteiger partial charge in [0.05, 0.1) is 6.20 Å². The summed E-state index contributed by atoms with van der Waals surface area (Å²) >= 11 is 0. The molecule has 1 aliphatic heterocycles. The number of hydrazine groups is 1. The van der Waals surface area contributed by atoms with Crippen LogP contribution in [0.3, 0.4) is 0 Å². The number of hydrogen-bond donors (Lipinski definition) is 3. The van der Waals surface area contributed by atoms with E-state index in [4.69, 9.17) is 0 Å². The van der Waals surface area contributed by atoms with Crippen molar-refractivity contribution in [2.24, 2.45) is 4.99 Å². The fraction of sp³-hybridized carbons (Fsp3) is 0.143. The maximum absolute atomic E-state index is 11.0. The minimum Gasteiger partial charge on any atom is -0.326 e. The molecule has 7 heteroatoms. The highest BCUT2D eigenvalue weighted by molar-refractivity contribution is 5.97. The SMILES string of the molecule is CC(=O)Nc1ccc([C@H]2N=C(c3cnccn3)NN2)cc1. The van der Waals surface area contributed by atoms with Crippen LogP contribution in [0.15, 0.2) is 47.8 Å². The second-order valence-corrected chi connectivity index (χ2v) is 4.54. The second kappa shape index (κ2) is 5.68. The molecule has 1 amide bonds. The van der Waals surface area contributed by atoms with Crippen molar-refractivity contribution >= 4 is 17.4 Å². The van der Waals surface area contributed by atoms with Gasteiger partial charge in [-0.25, -0.2) is 15.4 Å². The summed E-state index contributed by atoms with van der Waals surface area (Å²) in [6.07, 6.45) is 4.68. The topological polar surface area (TPSA) is 91.3 Å². The zero-order valence-corrected chi connectivity index (χ0v) is 11.4. The van der Waals surface area contributed by atoms with Crippen LogP contribution in [0.4, 0.5) is 5.69 Å². The quantitative estimate of drug-likeness (QED) is 0.781. The predicted molar refractivity (Wildman–Crippen MR) is 78.3 cm³/mol. The van der Waals surface area contributed by atoms with Crippen molar-refractivity contribution in [3.8, 4) is 0 Å². The first-order chi connectivity index (χ1) is 10.2. The van der Waals surface area contributed by atoms with Gasteiger partial charge in [-0.15, -0.1) is 0 Å². The van der Waals surface area contributed by atoms with Crippen LogP contribution in [0.1, 0.15) is 24.3 Å². The number of nitrogens with zero attached hydrogens (tertiary/aromatic N) is 3. The van der Waals surface area contributed by atoms with E-state index in [-0.39, 0.29) is 12.1 Å². The fourth-order valence-electron chi connectivity index (χ4n) is 1.99. The lowest BCUT2D eigenvalue weighted by atomic mass is 10.1. The molecule has 2 heterocycles. The highest BCUT2D eigenvalue weighted by atomic mass is 16.1. The minimum atomic E-state index is -0.201. The Labute approximate surface area is 121 Å². The van der Waals surface area contributed by atoms with Crippen molar-refractivity contribution in [2.75, 3.05) is 5.32 Å². The van der Waals surface area contributed by atoms with Crippen LogP contribution in [0.25, 0.3) is 0 Å². The maximum atomic E-state index is 11.0. The standard InChI is InChI=1S/C14H14N6O/c1-9(21)17-11-4-2-10(3-5-11)13-18-14(20-19-13)12-8-15-6-7-16-12/h2-8,13,19H,1H3,(H,17,21)(H,18,20)/t13-/m0/s1. The van der Waals surface area contributed by atoms with Gasteiger partial charge in [0, 0.05) is 25.0 Å². The molecule has 0 saturated carbocycles. The van der Waals surface area contributed by atoms with Gasteiger partial charge < -0.3 is 10.7 Å². The number of amides is 1. The van der Waals surface area contributed by atoms with Crippen LogP contribution in [0, 0.1) is 0 Å². The Kier molecular flexibility index (Phi) is 3.57. The highest BCUT2D eigenvalue weighted by Gasteiger charge is 2.19. The summed E-state index contributed by atoms with van der Waals surface area (Å²) in [5, 5.41) is 2.73. The third-order valence-corrected chi connectivity index (χ3v) is 2.94. The molecule has 0 unspecified atom stereocenters. The molecule has 1 aromatic heterocycles. The number of rotatable bonds is 3. The van der Waals surface area contributed by atoms with Gasteiger partial charge in [-0.3, -0.25) is 9.78 Å². The Balaban J connectivity index is 1.76. The molecule has 2 aromatic rings. The van der Waals surface area contributed by atoms with Crippen molar-refractivity contribution in [3.63, 3.8) is 0 Å². The number of nitrogens with one attached hydrogen (secondary N) is 3. The first-order valence-electron chi connectivity index (χ1n) is 6.45. The zero-order valence-electron chi connectivity index (χ0n) is 11.4. The maximum Gasteiger partial charge on any atom is 0.221 e. The molecule has 3 rings (SSSR count). The minimum absolute atomic E-state index is 0.0913. The first kappa shape index (κ1) is 13.2. The van der Waals surface area contributed by atoms with Gasteiger partial charge >= 0.3 is 0 Å². The molecule has 0 fully saturated rings. The van der Waals surface area contributed by atoms with Gasteiger partial charge in [0.1, 0.15) is 11.9 Å². The first-order valence-corrected chi connectivity index (χ1v) is 6.45. The van der Waals surface area contributed by atoms with Crippen LogP contribution in [-0.4, -0.2) is 21.7 Å². The molecule has 0 spiro atoms. The molecule has 106 valence electrons. The van der Waals surface area contributed by atoms with Crippen molar-refractivity contribution in [1.29, 1.82) is 0 Å². The van der Waals surface area contributed by atoms with E-state index in [0.29, 0.717) is 11.5 Å². The van der Waals surface area contributed by atoms with E-state index in [0.717, 1.165) is 11.3 Å². The number of amidine groups is 1. The number of aromatic nitrogens is 2. The Hall–Kier alpha value is -2.80. The lowest BCUT2D eigenvalue weighted by Crippen LogP contribution is -2.32. The van der Waals surface area contributed by atoms with E-state index >= 15 is 0 Å². The second-order valence-electron chi connectivity index (χ2n) is 4.54. The van der Waals surface area contributed by atoms with Crippen molar-refractivity contribution < 1.29 is 4.79 Å². The number of carbonyl (C=O) groups is 1. The summed E-state index contributed by atoms with van der Waals surface area (Å²) in [7, 11) is 0. The van der Waals surface area contributed by atoms with Crippen LogP contribution >= 0.6 is 0 Å². The molecule has 1 aromatic carbocycles. The average Bonchev–Trinajstić information content (AvgIpc) is 2.98. The van der Waals surface area contributed by atoms with Gasteiger partial charge in [-0.1, -0.05) is 12.1 Å². The molecule has 3 N–H and O–H groups in total. The number of anilines is 1. The lowest BCUT2D eigenvalue weighted by Gasteiger charge is -2.08. The lowest BCUT2D eigenvalue weighted by molar-refractivity contribution is -0.114. The third-order valence-electron chi connectivity index (χ3n) is 2.94. The Morgan fingerprint density at radius 3 is 2.71 bits per heavy atom. The van der Waals surface area contributed by atoms with E-state index in [1.807, 2.05) is 24.3 Å². The Morgan fingerprint density at radius 1 is 1.24 bits per heavy atom. The third kappa shape index (κ3) is 3.03. The van der Waals surface area contributed by atoms with Crippen LogP contribution in [-0.2, 0) is 4.79 Å². The Morgan fingerprint density at radius 2 is 2.05 bits per heavy atom. The molecule has 1 atom stereocenters. The molecule has 0 radical (unpaired) electrons. The zero-order chi connectivity index (χ0) is 14.7. The Bertz CT molecular complexity index is 668.